The van der Waals surface area contributed by atoms with Crippen LogP contribution in [0.5, 0.6) is 0 Å². The molecule has 2 unspecified atom stereocenters. The van der Waals surface area contributed by atoms with Gasteiger partial charge in [0.2, 0.25) is 10.0 Å². The van der Waals surface area contributed by atoms with E-state index >= 15 is 0 Å². The Morgan fingerprint density at radius 2 is 1.95 bits per heavy atom. The van der Waals surface area contributed by atoms with Crippen molar-refractivity contribution in [2.75, 3.05) is 0 Å². The van der Waals surface area contributed by atoms with Gasteiger partial charge >= 0.3 is 5.97 Å². The Kier molecular flexibility index (Phi) is 4.94. The van der Waals surface area contributed by atoms with Gasteiger partial charge < -0.3 is 5.11 Å². The summed E-state index contributed by atoms with van der Waals surface area (Å²) in [5.74, 6) is -0.947. The molecule has 0 aromatic heterocycles. The van der Waals surface area contributed by atoms with E-state index in [1.165, 1.54) is 12.1 Å². The van der Waals surface area contributed by atoms with Crippen molar-refractivity contribution in [2.24, 2.45) is 5.41 Å². The number of nitrogens with one attached hydrogen (secondary N) is 1. The first-order valence-corrected chi connectivity index (χ1v) is 9.33. The van der Waals surface area contributed by atoms with E-state index < -0.39 is 27.4 Å². The SMILES string of the molecule is CC1(C(=O)O)CCCCC1NS(=O)(=O)c1ccc(I)cc1. The van der Waals surface area contributed by atoms with Gasteiger partial charge in [0.1, 0.15) is 0 Å². The van der Waals surface area contributed by atoms with Crippen LogP contribution in [-0.4, -0.2) is 25.5 Å². The molecule has 21 heavy (non-hydrogen) atoms. The molecule has 2 N–H and O–H groups in total. The van der Waals surface area contributed by atoms with Crippen LogP contribution in [0.2, 0.25) is 0 Å². The highest BCUT2D eigenvalue weighted by Crippen LogP contribution is 2.37. The smallest absolute Gasteiger partial charge is 0.310 e. The van der Waals surface area contributed by atoms with Crippen LogP contribution in [0.4, 0.5) is 0 Å². The number of hydrogen-bond acceptors (Lipinski definition) is 3. The lowest BCUT2D eigenvalue weighted by molar-refractivity contribution is -0.151. The average Bonchev–Trinajstić information content (AvgIpc) is 2.41. The van der Waals surface area contributed by atoms with Gasteiger partial charge in [0.15, 0.2) is 0 Å². The lowest BCUT2D eigenvalue weighted by atomic mass is 9.72. The van der Waals surface area contributed by atoms with E-state index in [1.54, 1.807) is 19.1 Å². The Morgan fingerprint density at radius 1 is 1.33 bits per heavy atom. The largest absolute Gasteiger partial charge is 0.481 e. The molecule has 7 heteroatoms. The van der Waals surface area contributed by atoms with E-state index in [0.29, 0.717) is 12.8 Å². The molecule has 2 atom stereocenters. The Morgan fingerprint density at radius 3 is 2.52 bits per heavy atom. The second kappa shape index (κ2) is 6.21. The molecule has 5 nitrogen and oxygen atoms in total. The van der Waals surface area contributed by atoms with Crippen LogP contribution >= 0.6 is 22.6 Å². The number of benzene rings is 1. The summed E-state index contributed by atoms with van der Waals surface area (Å²) in [4.78, 5) is 11.7. The zero-order valence-corrected chi connectivity index (χ0v) is 14.6. The fourth-order valence-electron chi connectivity index (χ4n) is 2.65. The minimum absolute atomic E-state index is 0.168. The first kappa shape index (κ1) is 16.7. The molecule has 1 saturated carbocycles. The summed E-state index contributed by atoms with van der Waals surface area (Å²) in [6.45, 7) is 1.62. The number of sulfonamides is 1. The number of hydrogen-bond donors (Lipinski definition) is 2. The van der Waals surface area contributed by atoms with E-state index in [-0.39, 0.29) is 4.90 Å². The highest BCUT2D eigenvalue weighted by atomic mass is 127. The van der Waals surface area contributed by atoms with Gasteiger partial charge in [-0.1, -0.05) is 12.8 Å². The van der Waals surface area contributed by atoms with Crippen molar-refractivity contribution in [1.29, 1.82) is 0 Å². The van der Waals surface area contributed by atoms with Gasteiger partial charge in [-0.25, -0.2) is 13.1 Å². The molecule has 1 aromatic rings. The lowest BCUT2D eigenvalue weighted by Gasteiger charge is -2.38. The molecule has 2 rings (SSSR count). The lowest BCUT2D eigenvalue weighted by Crippen LogP contribution is -2.52. The molecule has 0 spiro atoms. The van der Waals surface area contributed by atoms with Crippen molar-refractivity contribution in [2.45, 2.75) is 43.5 Å². The van der Waals surface area contributed by atoms with Crippen LogP contribution in [-0.2, 0) is 14.8 Å². The van der Waals surface area contributed by atoms with Crippen molar-refractivity contribution < 1.29 is 18.3 Å². The summed E-state index contributed by atoms with van der Waals surface area (Å²) >= 11 is 2.10. The first-order valence-electron chi connectivity index (χ1n) is 6.77. The number of aliphatic carboxylic acids is 1. The summed E-state index contributed by atoms with van der Waals surface area (Å²) in [6, 6.07) is 5.92. The second-order valence-corrected chi connectivity index (χ2v) is 8.56. The Bertz CT molecular complexity index is 629. The normalized spacial score (nSPS) is 26.5. The van der Waals surface area contributed by atoms with E-state index in [0.717, 1.165) is 16.4 Å². The number of rotatable bonds is 4. The highest BCUT2D eigenvalue weighted by molar-refractivity contribution is 14.1. The van der Waals surface area contributed by atoms with Crippen molar-refractivity contribution in [3.63, 3.8) is 0 Å². The molecule has 0 aliphatic heterocycles. The summed E-state index contributed by atoms with van der Waals surface area (Å²) < 4.78 is 28.4. The molecule has 0 radical (unpaired) electrons. The zero-order chi connectivity index (χ0) is 15.7. The van der Waals surface area contributed by atoms with Crippen molar-refractivity contribution in [1.82, 2.24) is 4.72 Å². The molecule has 1 aromatic carbocycles. The fourth-order valence-corrected chi connectivity index (χ4v) is 4.39. The predicted octanol–water partition coefficient (Wildman–Crippen LogP) is 2.60. The zero-order valence-electron chi connectivity index (χ0n) is 11.7. The third-order valence-corrected chi connectivity index (χ3v) is 6.32. The quantitative estimate of drug-likeness (QED) is 0.730. The van der Waals surface area contributed by atoms with Gasteiger partial charge in [-0.3, -0.25) is 4.79 Å². The maximum absolute atomic E-state index is 12.4. The minimum Gasteiger partial charge on any atom is -0.481 e. The summed E-state index contributed by atoms with van der Waals surface area (Å²) in [5, 5.41) is 9.44. The molecule has 0 heterocycles. The monoisotopic (exact) mass is 423 g/mol. The van der Waals surface area contributed by atoms with E-state index in [1.807, 2.05) is 0 Å². The van der Waals surface area contributed by atoms with Crippen molar-refractivity contribution >= 4 is 38.6 Å². The Hall–Kier alpha value is -0.670. The molecule has 1 fully saturated rings. The molecule has 0 amide bonds. The fraction of sp³-hybridized carbons (Fsp3) is 0.500. The van der Waals surface area contributed by atoms with E-state index in [2.05, 4.69) is 27.3 Å². The van der Waals surface area contributed by atoms with Gasteiger partial charge in [0, 0.05) is 9.61 Å². The number of carbonyl (C=O) groups is 1. The molecule has 0 bridgehead atoms. The topological polar surface area (TPSA) is 83.5 Å². The molecule has 0 saturated heterocycles. The number of carboxylic acid groups (broad SMARTS) is 1. The Labute approximate surface area is 138 Å². The van der Waals surface area contributed by atoms with Crippen LogP contribution < -0.4 is 4.72 Å². The van der Waals surface area contributed by atoms with Crippen molar-refractivity contribution in [3.8, 4) is 0 Å². The molecular weight excluding hydrogens is 405 g/mol. The third-order valence-electron chi connectivity index (χ3n) is 4.12. The average molecular weight is 423 g/mol. The highest BCUT2D eigenvalue weighted by Gasteiger charge is 2.44. The van der Waals surface area contributed by atoms with Crippen LogP contribution in [0, 0.1) is 8.99 Å². The van der Waals surface area contributed by atoms with E-state index in [4.69, 9.17) is 0 Å². The molecular formula is C14H18INO4S. The number of carboxylic acids is 1. The maximum atomic E-state index is 12.4. The summed E-state index contributed by atoms with van der Waals surface area (Å²) in [6.07, 6.45) is 2.68. The Balaban J connectivity index is 2.26. The van der Waals surface area contributed by atoms with Gasteiger partial charge in [0.25, 0.3) is 0 Å². The van der Waals surface area contributed by atoms with Gasteiger partial charge in [-0.2, -0.15) is 0 Å². The number of halogens is 1. The molecule has 1 aliphatic carbocycles. The maximum Gasteiger partial charge on any atom is 0.310 e. The van der Waals surface area contributed by atoms with Crippen molar-refractivity contribution in [3.05, 3.63) is 27.8 Å². The van der Waals surface area contributed by atoms with Crippen LogP contribution in [0.15, 0.2) is 29.2 Å². The molecule has 116 valence electrons. The van der Waals surface area contributed by atoms with Gasteiger partial charge in [0.05, 0.1) is 10.3 Å². The summed E-state index contributed by atoms with van der Waals surface area (Å²) in [5.41, 5.74) is -1.05. The molecule has 1 aliphatic rings. The minimum atomic E-state index is -3.70. The van der Waals surface area contributed by atoms with Crippen LogP contribution in [0.25, 0.3) is 0 Å². The third kappa shape index (κ3) is 3.57. The van der Waals surface area contributed by atoms with Crippen LogP contribution in [0.1, 0.15) is 32.6 Å². The van der Waals surface area contributed by atoms with Crippen LogP contribution in [0.3, 0.4) is 0 Å². The van der Waals surface area contributed by atoms with Gasteiger partial charge in [-0.05, 0) is 66.6 Å². The standard InChI is InChI=1S/C14H18INO4S/c1-14(13(17)18)9-3-2-4-12(14)16-21(19,20)11-7-5-10(15)6-8-11/h5-8,12,16H,2-4,9H2,1H3,(H,17,18). The van der Waals surface area contributed by atoms with Gasteiger partial charge in [-0.15, -0.1) is 0 Å². The first-order chi connectivity index (χ1) is 9.75. The van der Waals surface area contributed by atoms with E-state index in [9.17, 15) is 18.3 Å². The summed E-state index contributed by atoms with van der Waals surface area (Å²) in [7, 11) is -3.70. The predicted molar refractivity (Wildman–Crippen MR) is 87.5 cm³/mol. The second-order valence-electron chi connectivity index (χ2n) is 5.60.